The molecule has 0 spiro atoms. The molecule has 1 N–H and O–H groups in total. The smallest absolute Gasteiger partial charge is 0.181 e. The van der Waals surface area contributed by atoms with E-state index in [1.807, 2.05) is 13.0 Å². The number of nitrogens with one attached hydrogen (secondary N) is 1. The number of carbonyl (C=O) groups is 1. The number of pyridine rings is 1. The standard InChI is InChI=1S/C9H9N3O/c1-5-8-3-7(6(2)13)4-10-9(8)12-11-5/h3-4H,1-2H3,(H,10,11,12). The second kappa shape index (κ2) is 2.65. The minimum Gasteiger partial charge on any atom is -0.294 e. The van der Waals surface area contributed by atoms with Gasteiger partial charge in [-0.3, -0.25) is 9.89 Å². The van der Waals surface area contributed by atoms with Crippen molar-refractivity contribution in [1.29, 1.82) is 0 Å². The maximum absolute atomic E-state index is 11.1. The highest BCUT2D eigenvalue weighted by Crippen LogP contribution is 2.14. The van der Waals surface area contributed by atoms with Gasteiger partial charge in [0.1, 0.15) is 0 Å². The Kier molecular flexibility index (Phi) is 1.62. The predicted octanol–water partition coefficient (Wildman–Crippen LogP) is 1.47. The molecule has 66 valence electrons. The van der Waals surface area contributed by atoms with E-state index in [2.05, 4.69) is 15.2 Å². The lowest BCUT2D eigenvalue weighted by Crippen LogP contribution is -1.92. The zero-order chi connectivity index (χ0) is 9.42. The Morgan fingerprint density at radius 1 is 1.54 bits per heavy atom. The van der Waals surface area contributed by atoms with Crippen molar-refractivity contribution in [3.05, 3.63) is 23.5 Å². The van der Waals surface area contributed by atoms with E-state index < -0.39 is 0 Å². The molecule has 0 bridgehead atoms. The van der Waals surface area contributed by atoms with E-state index in [1.54, 1.807) is 6.20 Å². The zero-order valence-corrected chi connectivity index (χ0v) is 7.46. The van der Waals surface area contributed by atoms with Gasteiger partial charge in [0.05, 0.1) is 0 Å². The van der Waals surface area contributed by atoms with Gasteiger partial charge in [0.25, 0.3) is 0 Å². The van der Waals surface area contributed by atoms with Crippen molar-refractivity contribution < 1.29 is 4.79 Å². The summed E-state index contributed by atoms with van der Waals surface area (Å²) in [5.41, 5.74) is 2.21. The molecule has 0 saturated heterocycles. The van der Waals surface area contributed by atoms with Gasteiger partial charge in [-0.25, -0.2) is 4.98 Å². The monoisotopic (exact) mass is 175 g/mol. The number of fused-ring (bicyclic) bond motifs is 1. The van der Waals surface area contributed by atoms with Crippen LogP contribution in [-0.2, 0) is 0 Å². The number of H-pyrrole nitrogens is 1. The van der Waals surface area contributed by atoms with Crippen LogP contribution in [0.25, 0.3) is 11.0 Å². The minimum absolute atomic E-state index is 0.0231. The average molecular weight is 175 g/mol. The summed E-state index contributed by atoms with van der Waals surface area (Å²) in [6.45, 7) is 3.43. The number of Topliss-reactive ketones (excluding diaryl/α,β-unsaturated/α-hetero) is 1. The van der Waals surface area contributed by atoms with Gasteiger partial charge in [-0.15, -0.1) is 0 Å². The molecule has 4 heteroatoms. The quantitative estimate of drug-likeness (QED) is 0.667. The van der Waals surface area contributed by atoms with Gasteiger partial charge < -0.3 is 0 Å². The SMILES string of the molecule is CC(=O)c1cnc2n[nH]c(C)c2c1. The van der Waals surface area contributed by atoms with Crippen LogP contribution < -0.4 is 0 Å². The topological polar surface area (TPSA) is 58.6 Å². The van der Waals surface area contributed by atoms with Crippen molar-refractivity contribution in [2.75, 3.05) is 0 Å². The third-order valence-corrected chi connectivity index (χ3v) is 2.01. The van der Waals surface area contributed by atoms with Crippen LogP contribution in [0.4, 0.5) is 0 Å². The average Bonchev–Trinajstić information content (AvgIpc) is 2.47. The van der Waals surface area contributed by atoms with Crippen molar-refractivity contribution in [3.8, 4) is 0 Å². The van der Waals surface area contributed by atoms with Crippen LogP contribution in [0.2, 0.25) is 0 Å². The highest BCUT2D eigenvalue weighted by atomic mass is 16.1. The molecule has 0 unspecified atom stereocenters. The number of aryl methyl sites for hydroxylation is 1. The van der Waals surface area contributed by atoms with Gasteiger partial charge in [0.2, 0.25) is 0 Å². The maximum atomic E-state index is 11.1. The summed E-state index contributed by atoms with van der Waals surface area (Å²) < 4.78 is 0. The lowest BCUT2D eigenvalue weighted by atomic mass is 10.1. The van der Waals surface area contributed by atoms with Gasteiger partial charge >= 0.3 is 0 Å². The van der Waals surface area contributed by atoms with Gasteiger partial charge in [-0.1, -0.05) is 0 Å². The molecule has 0 fully saturated rings. The summed E-state index contributed by atoms with van der Waals surface area (Å²) in [6, 6.07) is 1.81. The van der Waals surface area contributed by atoms with Crippen molar-refractivity contribution in [1.82, 2.24) is 15.2 Å². The molecule has 2 aromatic heterocycles. The number of hydrogen-bond donors (Lipinski definition) is 1. The Labute approximate surface area is 75.0 Å². The van der Waals surface area contributed by atoms with Crippen LogP contribution in [0.1, 0.15) is 23.0 Å². The first-order valence-electron chi connectivity index (χ1n) is 4.00. The number of rotatable bonds is 1. The molecule has 0 aliphatic heterocycles. The second-order valence-corrected chi connectivity index (χ2v) is 3.00. The summed E-state index contributed by atoms with van der Waals surface area (Å²) in [4.78, 5) is 15.1. The highest BCUT2D eigenvalue weighted by molar-refractivity contribution is 5.97. The first kappa shape index (κ1) is 7.91. The summed E-state index contributed by atoms with van der Waals surface area (Å²) in [7, 11) is 0. The molecular formula is C9H9N3O. The molecule has 4 nitrogen and oxygen atoms in total. The molecule has 2 aromatic rings. The van der Waals surface area contributed by atoms with Crippen molar-refractivity contribution in [3.63, 3.8) is 0 Å². The zero-order valence-electron chi connectivity index (χ0n) is 7.46. The summed E-state index contributed by atoms with van der Waals surface area (Å²) in [6.07, 6.45) is 1.55. The van der Waals surface area contributed by atoms with E-state index in [-0.39, 0.29) is 5.78 Å². The largest absolute Gasteiger partial charge is 0.294 e. The first-order chi connectivity index (χ1) is 6.18. The molecule has 0 saturated carbocycles. The Balaban J connectivity index is 2.72. The predicted molar refractivity (Wildman–Crippen MR) is 48.6 cm³/mol. The highest BCUT2D eigenvalue weighted by Gasteiger charge is 2.05. The molecule has 0 atom stereocenters. The molecule has 0 aliphatic carbocycles. The fourth-order valence-electron chi connectivity index (χ4n) is 1.21. The number of carbonyl (C=O) groups excluding carboxylic acids is 1. The van der Waals surface area contributed by atoms with Crippen molar-refractivity contribution in [2.24, 2.45) is 0 Å². The van der Waals surface area contributed by atoms with Crippen LogP contribution in [0, 0.1) is 6.92 Å². The fraction of sp³-hybridized carbons (Fsp3) is 0.222. The molecule has 0 amide bonds. The van der Waals surface area contributed by atoms with Gasteiger partial charge in [-0.05, 0) is 19.9 Å². The van der Waals surface area contributed by atoms with Crippen LogP contribution in [-0.4, -0.2) is 21.0 Å². The molecular weight excluding hydrogens is 166 g/mol. The summed E-state index contributed by atoms with van der Waals surface area (Å²) in [5.74, 6) is 0.0231. The van der Waals surface area contributed by atoms with Gasteiger partial charge in [-0.2, -0.15) is 5.10 Å². The van der Waals surface area contributed by atoms with E-state index >= 15 is 0 Å². The second-order valence-electron chi connectivity index (χ2n) is 3.00. The van der Waals surface area contributed by atoms with Crippen molar-refractivity contribution in [2.45, 2.75) is 13.8 Å². The number of aromatic nitrogens is 3. The first-order valence-corrected chi connectivity index (χ1v) is 4.00. The number of nitrogens with zero attached hydrogens (tertiary/aromatic N) is 2. The maximum Gasteiger partial charge on any atom is 0.181 e. The van der Waals surface area contributed by atoms with E-state index in [0.29, 0.717) is 11.2 Å². The van der Waals surface area contributed by atoms with Crippen molar-refractivity contribution >= 4 is 16.8 Å². The van der Waals surface area contributed by atoms with E-state index in [9.17, 15) is 4.79 Å². The minimum atomic E-state index is 0.0231. The number of hydrogen-bond acceptors (Lipinski definition) is 3. The van der Waals surface area contributed by atoms with Crippen LogP contribution in [0.3, 0.4) is 0 Å². The molecule has 13 heavy (non-hydrogen) atoms. The van der Waals surface area contributed by atoms with Crippen LogP contribution in [0.5, 0.6) is 0 Å². The third kappa shape index (κ3) is 1.20. The third-order valence-electron chi connectivity index (χ3n) is 2.01. The Morgan fingerprint density at radius 2 is 2.31 bits per heavy atom. The van der Waals surface area contributed by atoms with Crippen LogP contribution >= 0.6 is 0 Å². The summed E-state index contributed by atoms with van der Waals surface area (Å²) in [5, 5.41) is 7.70. The lowest BCUT2D eigenvalue weighted by Gasteiger charge is -1.93. The molecule has 2 rings (SSSR count). The lowest BCUT2D eigenvalue weighted by molar-refractivity contribution is 0.101. The normalized spacial score (nSPS) is 10.6. The number of ketones is 1. The van der Waals surface area contributed by atoms with Crippen LogP contribution in [0.15, 0.2) is 12.3 Å². The Hall–Kier alpha value is -1.71. The summed E-state index contributed by atoms with van der Waals surface area (Å²) >= 11 is 0. The molecule has 0 aliphatic rings. The van der Waals surface area contributed by atoms with E-state index in [0.717, 1.165) is 11.1 Å². The molecule has 0 aromatic carbocycles. The molecule has 0 radical (unpaired) electrons. The number of aromatic amines is 1. The Bertz CT molecular complexity index is 473. The Morgan fingerprint density at radius 3 is 3.00 bits per heavy atom. The fourth-order valence-corrected chi connectivity index (χ4v) is 1.21. The van der Waals surface area contributed by atoms with Gasteiger partial charge in [0, 0.05) is 22.8 Å². The van der Waals surface area contributed by atoms with Gasteiger partial charge in [0.15, 0.2) is 11.4 Å². The van der Waals surface area contributed by atoms with E-state index in [4.69, 9.17) is 0 Å². The molecule has 2 heterocycles. The van der Waals surface area contributed by atoms with E-state index in [1.165, 1.54) is 6.92 Å².